The van der Waals surface area contributed by atoms with Crippen LogP contribution in [0.15, 0.2) is 64.6 Å². The monoisotopic (exact) mass is 457 g/mol. The quantitative estimate of drug-likeness (QED) is 0.241. The summed E-state index contributed by atoms with van der Waals surface area (Å²) in [6, 6.07) is 15.3. The molecular weight excluding hydrogens is 422 g/mol. The van der Waals surface area contributed by atoms with Crippen LogP contribution in [0.3, 0.4) is 0 Å². The lowest BCUT2D eigenvalue weighted by atomic mass is 9.67. The predicted octanol–water partition coefficient (Wildman–Crippen LogP) is 6.61. The van der Waals surface area contributed by atoms with Gasteiger partial charge in [0.25, 0.3) is 0 Å². The van der Waals surface area contributed by atoms with E-state index in [1.54, 1.807) is 42.5 Å². The van der Waals surface area contributed by atoms with Gasteiger partial charge in [-0.05, 0) is 47.8 Å². The zero-order chi connectivity index (χ0) is 24.2. The highest BCUT2D eigenvalue weighted by molar-refractivity contribution is 7.86. The minimum atomic E-state index is -4.13. The van der Waals surface area contributed by atoms with Crippen LogP contribution in [0.4, 0.5) is 0 Å². The zero-order valence-electron chi connectivity index (χ0n) is 20.2. The third-order valence-corrected chi connectivity index (χ3v) is 7.00. The molecule has 1 unspecified atom stereocenters. The summed E-state index contributed by atoms with van der Waals surface area (Å²) in [5.74, 6) is -0.100. The van der Waals surface area contributed by atoms with Crippen molar-refractivity contribution in [2.75, 3.05) is 0 Å². The number of benzene rings is 2. The first-order valence-corrected chi connectivity index (χ1v) is 12.4. The van der Waals surface area contributed by atoms with Gasteiger partial charge in [-0.1, -0.05) is 95.6 Å². The Balaban J connectivity index is 2.24. The van der Waals surface area contributed by atoms with Crippen molar-refractivity contribution in [1.82, 2.24) is 0 Å². The number of ketones is 1. The largest absolute Gasteiger partial charge is 0.358 e. The van der Waals surface area contributed by atoms with Gasteiger partial charge in [0, 0.05) is 5.56 Å². The summed E-state index contributed by atoms with van der Waals surface area (Å²) in [4.78, 5) is 12.4. The topological polar surface area (TPSA) is 72.8 Å². The first kappa shape index (κ1) is 25.8. The number of carbonyl (C=O) groups excluding carboxylic acids is 1. The number of oxime groups is 1. The molecule has 0 amide bonds. The van der Waals surface area contributed by atoms with Crippen molar-refractivity contribution >= 4 is 21.6 Å². The normalized spacial score (nSPS) is 14.2. The molecule has 6 heteroatoms. The molecule has 2 aromatic carbocycles. The lowest BCUT2D eigenvalue weighted by molar-refractivity contribution is 0.106. The SMILES string of the molecule is CCC(C)(C)C(CC(C)(C)C)c1ccc(S(=O)(=O)ON=C(C)C(=O)c2ccccc2)cc1. The lowest BCUT2D eigenvalue weighted by Gasteiger charge is -2.38. The van der Waals surface area contributed by atoms with Crippen molar-refractivity contribution < 1.29 is 17.5 Å². The van der Waals surface area contributed by atoms with Crippen LogP contribution >= 0.6 is 0 Å². The second-order valence-electron chi connectivity index (χ2n) is 10.1. The van der Waals surface area contributed by atoms with E-state index in [-0.39, 0.29) is 33.1 Å². The average molecular weight is 458 g/mol. The molecule has 0 saturated carbocycles. The first-order chi connectivity index (χ1) is 14.8. The number of hydrogen-bond donors (Lipinski definition) is 0. The van der Waals surface area contributed by atoms with Crippen molar-refractivity contribution in [2.24, 2.45) is 16.0 Å². The molecular formula is C26H35NO4S. The van der Waals surface area contributed by atoms with E-state index in [2.05, 4.69) is 46.7 Å². The summed E-state index contributed by atoms with van der Waals surface area (Å²) in [5, 5.41) is 3.59. The molecule has 174 valence electrons. The molecule has 0 heterocycles. The molecule has 0 bridgehead atoms. The maximum absolute atomic E-state index is 12.6. The fourth-order valence-corrected chi connectivity index (χ4v) is 4.32. The molecule has 2 aromatic rings. The van der Waals surface area contributed by atoms with Gasteiger partial charge in [0.2, 0.25) is 5.78 Å². The molecule has 0 N–H and O–H groups in total. The van der Waals surface area contributed by atoms with E-state index in [0.29, 0.717) is 5.56 Å². The van der Waals surface area contributed by atoms with E-state index >= 15 is 0 Å². The second kappa shape index (κ2) is 9.99. The average Bonchev–Trinajstić information content (AvgIpc) is 2.75. The third-order valence-electron chi connectivity index (χ3n) is 5.88. The molecule has 0 radical (unpaired) electrons. The van der Waals surface area contributed by atoms with Gasteiger partial charge in [0.1, 0.15) is 10.6 Å². The number of nitrogens with zero attached hydrogens (tertiary/aromatic N) is 1. The minimum Gasteiger partial charge on any atom is -0.287 e. The standard InChI is InChI=1S/C26H35NO4S/c1-8-26(6,7)23(18-25(3,4)5)20-14-16-22(17-15-20)32(29,30)31-27-19(2)24(28)21-12-10-9-11-13-21/h9-17,23H,8,18H2,1-7H3. The molecule has 2 rings (SSSR count). The molecule has 0 aliphatic carbocycles. The van der Waals surface area contributed by atoms with E-state index in [1.165, 1.54) is 6.92 Å². The maximum Gasteiger partial charge on any atom is 0.358 e. The van der Waals surface area contributed by atoms with Crippen LogP contribution in [0.25, 0.3) is 0 Å². The zero-order valence-corrected chi connectivity index (χ0v) is 21.0. The molecule has 0 saturated heterocycles. The van der Waals surface area contributed by atoms with Crippen LogP contribution in [-0.2, 0) is 14.4 Å². The van der Waals surface area contributed by atoms with Crippen LogP contribution in [0.5, 0.6) is 0 Å². The molecule has 32 heavy (non-hydrogen) atoms. The highest BCUT2D eigenvalue weighted by Gasteiger charge is 2.32. The van der Waals surface area contributed by atoms with Gasteiger partial charge in [-0.25, -0.2) is 0 Å². The Labute approximate surface area is 193 Å². The number of Topliss-reactive ketones (excluding diaryl/α,β-unsaturated/α-hetero) is 1. The maximum atomic E-state index is 12.6. The smallest absolute Gasteiger partial charge is 0.287 e. The minimum absolute atomic E-state index is 0.00812. The Morgan fingerprint density at radius 2 is 1.53 bits per heavy atom. The van der Waals surface area contributed by atoms with Crippen LogP contribution in [0, 0.1) is 10.8 Å². The predicted molar refractivity (Wildman–Crippen MR) is 129 cm³/mol. The van der Waals surface area contributed by atoms with Crippen molar-refractivity contribution in [3.05, 3.63) is 65.7 Å². The van der Waals surface area contributed by atoms with Crippen molar-refractivity contribution in [1.29, 1.82) is 0 Å². The third kappa shape index (κ3) is 6.76. The molecule has 1 atom stereocenters. The summed E-state index contributed by atoms with van der Waals surface area (Å²) in [5.41, 5.74) is 1.70. The van der Waals surface area contributed by atoms with Gasteiger partial charge in [-0.2, -0.15) is 8.42 Å². The van der Waals surface area contributed by atoms with Crippen molar-refractivity contribution in [2.45, 2.75) is 72.1 Å². The molecule has 0 aromatic heterocycles. The fraction of sp³-hybridized carbons (Fsp3) is 0.462. The van der Waals surface area contributed by atoms with Gasteiger partial charge in [-0.15, -0.1) is 0 Å². The summed E-state index contributed by atoms with van der Waals surface area (Å²) in [7, 11) is -4.13. The molecule has 5 nitrogen and oxygen atoms in total. The van der Waals surface area contributed by atoms with E-state index in [9.17, 15) is 13.2 Å². The highest BCUT2D eigenvalue weighted by atomic mass is 32.2. The summed E-state index contributed by atoms with van der Waals surface area (Å²) < 4.78 is 30.1. The number of hydrogen-bond acceptors (Lipinski definition) is 5. The highest BCUT2D eigenvalue weighted by Crippen LogP contribution is 2.45. The Morgan fingerprint density at radius 3 is 2.03 bits per heavy atom. The van der Waals surface area contributed by atoms with Crippen LogP contribution in [0.2, 0.25) is 0 Å². The summed E-state index contributed by atoms with van der Waals surface area (Å²) >= 11 is 0. The van der Waals surface area contributed by atoms with Gasteiger partial charge in [0.05, 0.1) is 0 Å². The van der Waals surface area contributed by atoms with Gasteiger partial charge in [0.15, 0.2) is 0 Å². The molecule has 0 aliphatic heterocycles. The Kier molecular flexibility index (Phi) is 8.05. The van der Waals surface area contributed by atoms with E-state index in [4.69, 9.17) is 4.28 Å². The van der Waals surface area contributed by atoms with Crippen LogP contribution < -0.4 is 0 Å². The number of carbonyl (C=O) groups is 1. The molecule has 0 fully saturated rings. The Hall–Kier alpha value is -2.47. The van der Waals surface area contributed by atoms with Gasteiger partial charge >= 0.3 is 10.1 Å². The second-order valence-corrected chi connectivity index (χ2v) is 11.7. The van der Waals surface area contributed by atoms with Crippen molar-refractivity contribution in [3.63, 3.8) is 0 Å². The van der Waals surface area contributed by atoms with Gasteiger partial charge < -0.3 is 0 Å². The van der Waals surface area contributed by atoms with E-state index < -0.39 is 10.1 Å². The Morgan fingerprint density at radius 1 is 0.969 bits per heavy atom. The lowest BCUT2D eigenvalue weighted by Crippen LogP contribution is -2.26. The van der Waals surface area contributed by atoms with E-state index in [0.717, 1.165) is 18.4 Å². The molecule has 0 spiro atoms. The van der Waals surface area contributed by atoms with Crippen molar-refractivity contribution in [3.8, 4) is 0 Å². The Bertz CT molecular complexity index is 1050. The van der Waals surface area contributed by atoms with Gasteiger partial charge in [-0.3, -0.25) is 9.08 Å². The van der Waals surface area contributed by atoms with Crippen LogP contribution in [0.1, 0.15) is 83.1 Å². The van der Waals surface area contributed by atoms with E-state index in [1.807, 2.05) is 12.1 Å². The number of rotatable bonds is 9. The summed E-state index contributed by atoms with van der Waals surface area (Å²) in [6.45, 7) is 14.8. The molecule has 0 aliphatic rings. The first-order valence-electron chi connectivity index (χ1n) is 10.9. The summed E-state index contributed by atoms with van der Waals surface area (Å²) in [6.07, 6.45) is 2.00. The van der Waals surface area contributed by atoms with Crippen LogP contribution in [-0.4, -0.2) is 19.9 Å². The fourth-order valence-electron chi connectivity index (χ4n) is 3.56.